The summed E-state index contributed by atoms with van der Waals surface area (Å²) in [6.45, 7) is 5.09. The summed E-state index contributed by atoms with van der Waals surface area (Å²) in [5.74, 6) is 0.844. The molecule has 140 valence electrons. The molecule has 0 aromatic heterocycles. The Kier molecular flexibility index (Phi) is 6.84. The highest BCUT2D eigenvalue weighted by Gasteiger charge is 2.43. The topological polar surface area (TPSA) is 38.7 Å². The van der Waals surface area contributed by atoms with Gasteiger partial charge >= 0.3 is 0 Å². The Morgan fingerprint density at radius 3 is 1.77 bits per heavy atom. The number of ether oxygens (including phenoxy) is 2. The molecule has 0 spiro atoms. The maximum atomic E-state index is 9.69. The van der Waals surface area contributed by atoms with Crippen LogP contribution in [0.2, 0.25) is 0 Å². The van der Waals surface area contributed by atoms with Gasteiger partial charge in [0.25, 0.3) is 0 Å². The van der Waals surface area contributed by atoms with E-state index in [0.717, 1.165) is 12.8 Å². The van der Waals surface area contributed by atoms with Crippen LogP contribution in [0.5, 0.6) is 0 Å². The van der Waals surface area contributed by atoms with Crippen molar-refractivity contribution in [3.63, 3.8) is 0 Å². The number of aliphatic hydroxyl groups is 1. The summed E-state index contributed by atoms with van der Waals surface area (Å²) >= 11 is 0. The van der Waals surface area contributed by atoms with Crippen molar-refractivity contribution in [2.24, 2.45) is 17.3 Å². The molecule has 1 N–H and O–H groups in total. The predicted molar refractivity (Wildman–Crippen MR) is 104 cm³/mol. The minimum absolute atomic E-state index is 0.00360. The smallest absolute Gasteiger partial charge is 0.0717 e. The number of aliphatic hydroxyl groups excluding tert-OH is 1. The molecular weight excluding hydrogens is 324 g/mol. The third kappa shape index (κ3) is 5.16. The van der Waals surface area contributed by atoms with E-state index in [9.17, 15) is 5.11 Å². The maximum Gasteiger partial charge on any atom is 0.0717 e. The van der Waals surface area contributed by atoms with Gasteiger partial charge in [-0.1, -0.05) is 67.6 Å². The lowest BCUT2D eigenvalue weighted by atomic mass is 9.86. The minimum Gasteiger partial charge on any atom is -0.396 e. The first-order valence-corrected chi connectivity index (χ1v) is 9.55. The fourth-order valence-corrected chi connectivity index (χ4v) is 4.13. The molecular formula is C23H30O3. The van der Waals surface area contributed by atoms with Crippen molar-refractivity contribution in [3.05, 3.63) is 71.8 Å². The van der Waals surface area contributed by atoms with E-state index in [1.54, 1.807) is 0 Å². The summed E-state index contributed by atoms with van der Waals surface area (Å²) in [5, 5.41) is 9.69. The van der Waals surface area contributed by atoms with Crippen LogP contribution in [0.25, 0.3) is 0 Å². The Balaban J connectivity index is 1.57. The fraction of sp³-hybridized carbons (Fsp3) is 0.478. The molecule has 3 heteroatoms. The normalized spacial score (nSPS) is 21.8. The molecule has 0 saturated heterocycles. The summed E-state index contributed by atoms with van der Waals surface area (Å²) in [6.07, 6.45) is 2.01. The van der Waals surface area contributed by atoms with Gasteiger partial charge in [0.05, 0.1) is 26.4 Å². The number of hydrogen-bond acceptors (Lipinski definition) is 3. The highest BCUT2D eigenvalue weighted by atomic mass is 16.5. The summed E-state index contributed by atoms with van der Waals surface area (Å²) in [7, 11) is 0. The monoisotopic (exact) mass is 354 g/mol. The zero-order valence-corrected chi connectivity index (χ0v) is 15.6. The molecule has 2 atom stereocenters. The van der Waals surface area contributed by atoms with Gasteiger partial charge in [-0.2, -0.15) is 0 Å². The Morgan fingerprint density at radius 2 is 1.35 bits per heavy atom. The van der Waals surface area contributed by atoms with E-state index < -0.39 is 0 Å². The molecule has 2 aromatic rings. The van der Waals surface area contributed by atoms with E-state index in [0.29, 0.717) is 38.3 Å². The Bertz CT molecular complexity index is 596. The first-order chi connectivity index (χ1) is 12.7. The van der Waals surface area contributed by atoms with Crippen molar-refractivity contribution < 1.29 is 14.6 Å². The largest absolute Gasteiger partial charge is 0.396 e. The number of rotatable bonds is 9. The molecule has 3 nitrogen and oxygen atoms in total. The third-order valence-electron chi connectivity index (χ3n) is 5.53. The van der Waals surface area contributed by atoms with Gasteiger partial charge in [0.1, 0.15) is 0 Å². The summed E-state index contributed by atoms with van der Waals surface area (Å²) < 4.78 is 12.2. The minimum atomic E-state index is -0.00360. The van der Waals surface area contributed by atoms with Gasteiger partial charge in [-0.25, -0.2) is 0 Å². The average Bonchev–Trinajstić information content (AvgIpc) is 2.99. The Morgan fingerprint density at radius 1 is 0.846 bits per heavy atom. The number of benzene rings is 2. The molecule has 1 saturated carbocycles. The first kappa shape index (κ1) is 19.1. The van der Waals surface area contributed by atoms with Crippen molar-refractivity contribution in [2.75, 3.05) is 19.8 Å². The summed E-state index contributed by atoms with van der Waals surface area (Å²) in [5.41, 5.74) is 2.38. The van der Waals surface area contributed by atoms with Crippen LogP contribution < -0.4 is 0 Å². The van der Waals surface area contributed by atoms with E-state index in [-0.39, 0.29) is 12.0 Å². The standard InChI is InChI=1S/C23H30O3/c1-19-12-23(13-22(19)14-24,17-25-15-20-8-4-2-5-9-20)18-26-16-21-10-6-3-7-11-21/h2-11,19,22,24H,12-18H2,1H3/t19-,22+/m1/s1. The highest BCUT2D eigenvalue weighted by Crippen LogP contribution is 2.46. The lowest BCUT2D eigenvalue weighted by molar-refractivity contribution is -0.0335. The van der Waals surface area contributed by atoms with Crippen LogP contribution in [0.1, 0.15) is 30.9 Å². The van der Waals surface area contributed by atoms with Crippen LogP contribution in [-0.4, -0.2) is 24.9 Å². The van der Waals surface area contributed by atoms with Gasteiger partial charge in [-0.15, -0.1) is 0 Å². The van der Waals surface area contributed by atoms with E-state index in [2.05, 4.69) is 31.2 Å². The fourth-order valence-electron chi connectivity index (χ4n) is 4.13. The molecule has 0 aliphatic heterocycles. The summed E-state index contributed by atoms with van der Waals surface area (Å²) in [6, 6.07) is 20.6. The van der Waals surface area contributed by atoms with Crippen LogP contribution >= 0.6 is 0 Å². The van der Waals surface area contributed by atoms with E-state index in [1.807, 2.05) is 36.4 Å². The van der Waals surface area contributed by atoms with Crippen LogP contribution in [0.3, 0.4) is 0 Å². The SMILES string of the molecule is C[C@@H]1CC(COCc2ccccc2)(COCc2ccccc2)C[C@H]1CO. The Hall–Kier alpha value is -1.68. The maximum absolute atomic E-state index is 9.69. The van der Waals surface area contributed by atoms with Crippen molar-refractivity contribution in [1.82, 2.24) is 0 Å². The average molecular weight is 354 g/mol. The molecule has 3 rings (SSSR count). The third-order valence-corrected chi connectivity index (χ3v) is 5.53. The summed E-state index contributed by atoms with van der Waals surface area (Å²) in [4.78, 5) is 0. The number of hydrogen-bond donors (Lipinski definition) is 1. The van der Waals surface area contributed by atoms with E-state index in [1.165, 1.54) is 11.1 Å². The van der Waals surface area contributed by atoms with Crippen LogP contribution in [0.4, 0.5) is 0 Å². The van der Waals surface area contributed by atoms with Crippen LogP contribution in [0.15, 0.2) is 60.7 Å². The second kappa shape index (κ2) is 9.31. The molecule has 1 fully saturated rings. The predicted octanol–water partition coefficient (Wildman–Crippen LogP) is 4.44. The van der Waals surface area contributed by atoms with Gasteiger partial charge in [0.15, 0.2) is 0 Å². The molecule has 0 unspecified atom stereocenters. The van der Waals surface area contributed by atoms with Gasteiger partial charge in [0.2, 0.25) is 0 Å². The molecule has 2 aromatic carbocycles. The first-order valence-electron chi connectivity index (χ1n) is 9.55. The van der Waals surface area contributed by atoms with Gasteiger partial charge in [0, 0.05) is 12.0 Å². The molecule has 0 heterocycles. The molecule has 0 amide bonds. The lowest BCUT2D eigenvalue weighted by Gasteiger charge is -2.29. The molecule has 1 aliphatic rings. The van der Waals surface area contributed by atoms with Crippen LogP contribution in [0, 0.1) is 17.3 Å². The van der Waals surface area contributed by atoms with E-state index in [4.69, 9.17) is 9.47 Å². The molecule has 1 aliphatic carbocycles. The quantitative estimate of drug-likeness (QED) is 0.723. The van der Waals surface area contributed by atoms with Gasteiger partial charge < -0.3 is 14.6 Å². The lowest BCUT2D eigenvalue weighted by Crippen LogP contribution is -2.30. The van der Waals surface area contributed by atoms with Crippen molar-refractivity contribution in [3.8, 4) is 0 Å². The van der Waals surface area contributed by atoms with Crippen molar-refractivity contribution in [1.29, 1.82) is 0 Å². The Labute approximate surface area is 157 Å². The van der Waals surface area contributed by atoms with Crippen molar-refractivity contribution in [2.45, 2.75) is 33.0 Å². The zero-order valence-electron chi connectivity index (χ0n) is 15.6. The molecule has 26 heavy (non-hydrogen) atoms. The molecule has 0 radical (unpaired) electrons. The highest BCUT2D eigenvalue weighted by molar-refractivity contribution is 5.14. The zero-order chi connectivity index (χ0) is 18.2. The second-order valence-corrected chi connectivity index (χ2v) is 7.78. The van der Waals surface area contributed by atoms with Gasteiger partial charge in [-0.05, 0) is 35.8 Å². The van der Waals surface area contributed by atoms with Crippen LogP contribution in [-0.2, 0) is 22.7 Å². The van der Waals surface area contributed by atoms with Crippen molar-refractivity contribution >= 4 is 0 Å². The molecule has 0 bridgehead atoms. The van der Waals surface area contributed by atoms with Gasteiger partial charge in [-0.3, -0.25) is 0 Å². The van der Waals surface area contributed by atoms with E-state index >= 15 is 0 Å². The second-order valence-electron chi connectivity index (χ2n) is 7.78.